The van der Waals surface area contributed by atoms with Crippen LogP contribution < -0.4 is 5.32 Å². The summed E-state index contributed by atoms with van der Waals surface area (Å²) >= 11 is 1.45. The minimum absolute atomic E-state index is 0.0499. The topological polar surface area (TPSA) is 42.0 Å². The summed E-state index contributed by atoms with van der Waals surface area (Å²) in [7, 11) is 0. The van der Waals surface area contributed by atoms with Crippen molar-refractivity contribution in [3.05, 3.63) is 83.2 Å². The van der Waals surface area contributed by atoms with Crippen molar-refractivity contribution in [2.75, 3.05) is 5.32 Å². The van der Waals surface area contributed by atoms with E-state index in [4.69, 9.17) is 0 Å². The van der Waals surface area contributed by atoms with Crippen LogP contribution in [0.15, 0.2) is 72.1 Å². The second kappa shape index (κ2) is 7.10. The average Bonchev–Trinajstić information content (AvgIpc) is 3.11. The van der Waals surface area contributed by atoms with E-state index in [1.807, 2.05) is 41.8 Å². The quantitative estimate of drug-likeness (QED) is 0.527. The van der Waals surface area contributed by atoms with Gasteiger partial charge in [-0.25, -0.2) is 4.98 Å². The lowest BCUT2D eigenvalue weighted by molar-refractivity contribution is -0.115. The number of hydrogen-bond donors (Lipinski definition) is 1. The Bertz CT molecular complexity index is 1060. The van der Waals surface area contributed by atoms with Crippen LogP contribution in [-0.4, -0.2) is 10.9 Å². The molecule has 0 fully saturated rings. The number of carbonyl (C=O) groups excluding carboxylic acids is 1. The highest BCUT2D eigenvalue weighted by Gasteiger charge is 2.10. The number of aromatic nitrogens is 1. The molecule has 1 N–H and O–H groups in total. The van der Waals surface area contributed by atoms with Crippen molar-refractivity contribution >= 4 is 33.1 Å². The lowest BCUT2D eigenvalue weighted by Crippen LogP contribution is -2.14. The van der Waals surface area contributed by atoms with Crippen molar-refractivity contribution in [3.63, 3.8) is 0 Å². The van der Waals surface area contributed by atoms with Gasteiger partial charge in [0.2, 0.25) is 5.91 Å². The van der Waals surface area contributed by atoms with E-state index in [9.17, 15) is 4.79 Å². The summed E-state index contributed by atoms with van der Waals surface area (Å²) in [6.07, 6.45) is 0.334. The molecule has 0 saturated carbocycles. The van der Waals surface area contributed by atoms with Crippen LogP contribution in [0.2, 0.25) is 0 Å². The van der Waals surface area contributed by atoms with E-state index in [1.54, 1.807) is 0 Å². The number of carbonyl (C=O) groups is 1. The molecule has 26 heavy (non-hydrogen) atoms. The Kier molecular flexibility index (Phi) is 4.50. The molecule has 0 saturated heterocycles. The summed E-state index contributed by atoms with van der Waals surface area (Å²) in [5.41, 5.74) is 4.18. The number of nitrogens with zero attached hydrogens (tertiary/aromatic N) is 1. The highest BCUT2D eigenvalue weighted by atomic mass is 32.1. The third kappa shape index (κ3) is 3.51. The molecule has 0 aliphatic rings. The summed E-state index contributed by atoms with van der Waals surface area (Å²) in [6.45, 7) is 2.06. The van der Waals surface area contributed by atoms with Gasteiger partial charge in [0.15, 0.2) is 5.13 Å². The number of fused-ring (bicyclic) bond motifs is 1. The third-order valence-electron chi connectivity index (χ3n) is 4.33. The maximum Gasteiger partial charge on any atom is 0.230 e. The summed E-state index contributed by atoms with van der Waals surface area (Å²) in [5, 5.41) is 7.79. The number of nitrogens with one attached hydrogen (secondary N) is 1. The first-order valence-corrected chi connectivity index (χ1v) is 9.36. The third-order valence-corrected chi connectivity index (χ3v) is 5.09. The fraction of sp³-hybridized carbons (Fsp3) is 0.0909. The van der Waals surface area contributed by atoms with Gasteiger partial charge < -0.3 is 5.32 Å². The molecule has 0 aliphatic carbocycles. The van der Waals surface area contributed by atoms with Gasteiger partial charge in [0.25, 0.3) is 0 Å². The van der Waals surface area contributed by atoms with Crippen molar-refractivity contribution in [3.8, 4) is 11.3 Å². The monoisotopic (exact) mass is 358 g/mol. The molecule has 0 atom stereocenters. The molecule has 0 aliphatic heterocycles. The van der Waals surface area contributed by atoms with Crippen LogP contribution in [0.4, 0.5) is 5.13 Å². The first kappa shape index (κ1) is 16.5. The van der Waals surface area contributed by atoms with E-state index in [0.717, 1.165) is 27.6 Å². The van der Waals surface area contributed by atoms with Gasteiger partial charge in [-0.3, -0.25) is 4.79 Å². The summed E-state index contributed by atoms with van der Waals surface area (Å²) < 4.78 is 0. The van der Waals surface area contributed by atoms with E-state index < -0.39 is 0 Å². The maximum atomic E-state index is 12.5. The van der Waals surface area contributed by atoms with Crippen molar-refractivity contribution in [1.82, 2.24) is 4.98 Å². The Hall–Kier alpha value is -2.98. The smallest absolute Gasteiger partial charge is 0.230 e. The molecule has 1 amide bonds. The molecule has 3 aromatic carbocycles. The van der Waals surface area contributed by atoms with E-state index in [-0.39, 0.29) is 5.91 Å². The zero-order valence-electron chi connectivity index (χ0n) is 14.4. The van der Waals surface area contributed by atoms with Crippen LogP contribution in [0.25, 0.3) is 22.0 Å². The average molecular weight is 358 g/mol. The normalized spacial score (nSPS) is 10.8. The van der Waals surface area contributed by atoms with Gasteiger partial charge in [-0.1, -0.05) is 72.3 Å². The van der Waals surface area contributed by atoms with Crippen LogP contribution in [0.3, 0.4) is 0 Å². The Morgan fingerprint density at radius 1 is 1.00 bits per heavy atom. The summed E-state index contributed by atoms with van der Waals surface area (Å²) in [5.74, 6) is -0.0499. The van der Waals surface area contributed by atoms with Crippen LogP contribution in [-0.2, 0) is 11.2 Å². The molecule has 0 radical (unpaired) electrons. The van der Waals surface area contributed by atoms with Crippen LogP contribution in [0, 0.1) is 6.92 Å². The second-order valence-corrected chi connectivity index (χ2v) is 7.13. The zero-order valence-corrected chi connectivity index (χ0v) is 15.2. The van der Waals surface area contributed by atoms with E-state index in [2.05, 4.69) is 47.6 Å². The van der Waals surface area contributed by atoms with E-state index in [0.29, 0.717) is 11.6 Å². The van der Waals surface area contributed by atoms with Gasteiger partial charge in [-0.15, -0.1) is 11.3 Å². The second-order valence-electron chi connectivity index (χ2n) is 6.27. The Morgan fingerprint density at radius 3 is 2.62 bits per heavy atom. The number of benzene rings is 3. The highest BCUT2D eigenvalue weighted by Crippen LogP contribution is 2.25. The molecule has 0 unspecified atom stereocenters. The molecule has 1 heterocycles. The molecule has 128 valence electrons. The summed E-state index contributed by atoms with van der Waals surface area (Å²) in [4.78, 5) is 17.0. The molecule has 0 spiro atoms. The van der Waals surface area contributed by atoms with Crippen molar-refractivity contribution in [1.29, 1.82) is 0 Å². The van der Waals surface area contributed by atoms with Gasteiger partial charge in [0, 0.05) is 10.9 Å². The van der Waals surface area contributed by atoms with Crippen molar-refractivity contribution in [2.24, 2.45) is 0 Å². The number of aryl methyl sites for hydroxylation is 1. The van der Waals surface area contributed by atoms with Gasteiger partial charge >= 0.3 is 0 Å². The van der Waals surface area contributed by atoms with Crippen molar-refractivity contribution < 1.29 is 4.79 Å². The molecule has 4 heteroatoms. The molecule has 1 aromatic heterocycles. The van der Waals surface area contributed by atoms with Crippen LogP contribution >= 0.6 is 11.3 Å². The van der Waals surface area contributed by atoms with Gasteiger partial charge in [0.1, 0.15) is 0 Å². The van der Waals surface area contributed by atoms with Gasteiger partial charge in [0.05, 0.1) is 12.1 Å². The fourth-order valence-corrected chi connectivity index (χ4v) is 3.71. The number of rotatable bonds is 4. The fourth-order valence-electron chi connectivity index (χ4n) is 2.97. The van der Waals surface area contributed by atoms with Crippen molar-refractivity contribution in [2.45, 2.75) is 13.3 Å². The summed E-state index contributed by atoms with van der Waals surface area (Å²) in [6, 6.07) is 22.4. The maximum absolute atomic E-state index is 12.5. The van der Waals surface area contributed by atoms with E-state index in [1.165, 1.54) is 16.9 Å². The molecular formula is C22H18N2OS. The lowest BCUT2D eigenvalue weighted by Gasteiger charge is -2.06. The first-order chi connectivity index (χ1) is 12.7. The minimum atomic E-state index is -0.0499. The van der Waals surface area contributed by atoms with Crippen LogP contribution in [0.1, 0.15) is 11.1 Å². The predicted molar refractivity (Wildman–Crippen MR) is 109 cm³/mol. The van der Waals surface area contributed by atoms with E-state index >= 15 is 0 Å². The standard InChI is InChI=1S/C22H18N2OS/c1-15-9-11-17(12-10-15)20-14-26-22(23-20)24-21(25)13-18-7-4-6-16-5-2-3-8-19(16)18/h2-12,14H,13H2,1H3,(H,23,24,25). The number of anilines is 1. The SMILES string of the molecule is Cc1ccc(-c2csc(NC(=O)Cc3cccc4ccccc34)n2)cc1. The molecule has 4 rings (SSSR count). The Morgan fingerprint density at radius 2 is 1.77 bits per heavy atom. The zero-order chi connectivity index (χ0) is 17.9. The lowest BCUT2D eigenvalue weighted by atomic mass is 10.0. The molecular weight excluding hydrogens is 340 g/mol. The van der Waals surface area contributed by atoms with Gasteiger partial charge in [-0.2, -0.15) is 0 Å². The Balaban J connectivity index is 1.49. The van der Waals surface area contributed by atoms with Gasteiger partial charge in [-0.05, 0) is 23.3 Å². The molecule has 3 nitrogen and oxygen atoms in total. The molecule has 4 aromatic rings. The molecule has 0 bridgehead atoms. The number of thiazole rings is 1. The highest BCUT2D eigenvalue weighted by molar-refractivity contribution is 7.14. The first-order valence-electron chi connectivity index (χ1n) is 8.48. The largest absolute Gasteiger partial charge is 0.302 e. The Labute approximate surface area is 156 Å². The van der Waals surface area contributed by atoms with Crippen LogP contribution in [0.5, 0.6) is 0 Å². The number of amides is 1. The minimum Gasteiger partial charge on any atom is -0.302 e. The predicted octanol–water partition coefficient (Wildman–Crippen LogP) is 5.45. The number of hydrogen-bond acceptors (Lipinski definition) is 3.